The molecule has 1 amide bonds. The molecule has 128 valence electrons. The highest BCUT2D eigenvalue weighted by Gasteiger charge is 2.25. The molecule has 2 aliphatic rings. The van der Waals surface area contributed by atoms with Crippen LogP contribution in [0.25, 0.3) is 0 Å². The minimum absolute atomic E-state index is 0.291. The molecule has 1 aliphatic carbocycles. The number of carbonyl (C=O) groups is 1. The maximum absolute atomic E-state index is 12.1. The van der Waals surface area contributed by atoms with E-state index in [1.54, 1.807) is 11.3 Å². The molecule has 1 saturated carbocycles. The van der Waals surface area contributed by atoms with Gasteiger partial charge in [-0.3, -0.25) is 4.79 Å². The number of amides is 1. The summed E-state index contributed by atoms with van der Waals surface area (Å²) >= 11 is 1.77. The summed E-state index contributed by atoms with van der Waals surface area (Å²) in [6.07, 6.45) is 7.23. The Hall–Kier alpha value is -1.17. The summed E-state index contributed by atoms with van der Waals surface area (Å²) in [5.41, 5.74) is 0. The molecule has 1 aromatic heterocycles. The lowest BCUT2D eigenvalue weighted by Gasteiger charge is -2.34. The summed E-state index contributed by atoms with van der Waals surface area (Å²) in [5, 5.41) is 11.1. The summed E-state index contributed by atoms with van der Waals surface area (Å²) in [6, 6.07) is 0. The van der Waals surface area contributed by atoms with E-state index in [-0.39, 0.29) is 0 Å². The zero-order valence-corrected chi connectivity index (χ0v) is 15.1. The Morgan fingerprint density at radius 2 is 1.83 bits per heavy atom. The molecule has 0 unspecified atom stereocenters. The van der Waals surface area contributed by atoms with Gasteiger partial charge in [0.1, 0.15) is 5.01 Å². The molecule has 23 heavy (non-hydrogen) atoms. The van der Waals surface area contributed by atoms with E-state index in [1.165, 1.54) is 37.1 Å². The number of hydrogen-bond acceptors (Lipinski definition) is 5. The van der Waals surface area contributed by atoms with Crippen LogP contribution in [0.1, 0.15) is 63.3 Å². The zero-order chi connectivity index (χ0) is 16.2. The molecule has 0 bridgehead atoms. The zero-order valence-electron chi connectivity index (χ0n) is 14.3. The molecular formula is C17H28N4OS. The van der Waals surface area contributed by atoms with Crippen LogP contribution in [0.5, 0.6) is 0 Å². The van der Waals surface area contributed by atoms with Crippen LogP contribution < -0.4 is 4.90 Å². The van der Waals surface area contributed by atoms with E-state index in [9.17, 15) is 4.79 Å². The van der Waals surface area contributed by atoms with Crippen molar-refractivity contribution >= 4 is 22.4 Å². The number of piperazine rings is 1. The van der Waals surface area contributed by atoms with E-state index in [1.807, 2.05) is 4.90 Å². The summed E-state index contributed by atoms with van der Waals surface area (Å²) < 4.78 is 0. The number of nitrogens with zero attached hydrogens (tertiary/aromatic N) is 4. The number of rotatable bonds is 4. The third-order valence-corrected chi connectivity index (χ3v) is 6.02. The van der Waals surface area contributed by atoms with Crippen molar-refractivity contribution < 1.29 is 4.79 Å². The van der Waals surface area contributed by atoms with Gasteiger partial charge in [-0.25, -0.2) is 0 Å². The van der Waals surface area contributed by atoms with Crippen molar-refractivity contribution in [3.05, 3.63) is 5.01 Å². The number of anilines is 1. The number of aromatic nitrogens is 2. The van der Waals surface area contributed by atoms with Crippen molar-refractivity contribution in [2.45, 2.75) is 58.3 Å². The molecule has 0 atom stereocenters. The molecule has 2 fully saturated rings. The molecule has 1 aromatic rings. The third-order valence-electron chi connectivity index (χ3n) is 4.87. The van der Waals surface area contributed by atoms with Crippen molar-refractivity contribution in [3.63, 3.8) is 0 Å². The predicted molar refractivity (Wildman–Crippen MR) is 94.0 cm³/mol. The van der Waals surface area contributed by atoms with E-state index in [0.29, 0.717) is 24.2 Å². The van der Waals surface area contributed by atoms with Crippen molar-refractivity contribution in [1.82, 2.24) is 15.1 Å². The fourth-order valence-corrected chi connectivity index (χ4v) is 4.56. The highest BCUT2D eigenvalue weighted by molar-refractivity contribution is 7.15. The van der Waals surface area contributed by atoms with Crippen molar-refractivity contribution in [2.75, 3.05) is 31.1 Å². The Bertz CT molecular complexity index is 516. The summed E-state index contributed by atoms with van der Waals surface area (Å²) in [7, 11) is 0. The molecule has 5 nitrogen and oxygen atoms in total. The van der Waals surface area contributed by atoms with Crippen molar-refractivity contribution in [1.29, 1.82) is 0 Å². The van der Waals surface area contributed by atoms with Crippen molar-refractivity contribution in [2.24, 2.45) is 5.92 Å². The number of hydrogen-bond donors (Lipinski definition) is 0. The first-order chi connectivity index (χ1) is 11.1. The minimum Gasteiger partial charge on any atom is -0.343 e. The first-order valence-electron chi connectivity index (χ1n) is 8.99. The molecule has 3 rings (SSSR count). The molecular weight excluding hydrogens is 308 g/mol. The molecule has 2 heterocycles. The van der Waals surface area contributed by atoms with Gasteiger partial charge in [0, 0.05) is 38.5 Å². The minimum atomic E-state index is 0.291. The fourth-order valence-electron chi connectivity index (χ4n) is 3.49. The maximum atomic E-state index is 12.1. The van der Waals surface area contributed by atoms with E-state index in [2.05, 4.69) is 28.9 Å². The van der Waals surface area contributed by atoms with Gasteiger partial charge in [-0.2, -0.15) is 0 Å². The topological polar surface area (TPSA) is 49.3 Å². The fraction of sp³-hybridized carbons (Fsp3) is 0.824. The van der Waals surface area contributed by atoms with E-state index >= 15 is 0 Å². The standard InChI is InChI=1S/C17H28N4OS/c1-13(2)12-15(22)20-8-10-21(11-9-20)17-19-18-16(23-17)14-6-4-3-5-7-14/h13-14H,3-12H2,1-2H3. The van der Waals surface area contributed by atoms with Crippen LogP contribution in [0.4, 0.5) is 5.13 Å². The lowest BCUT2D eigenvalue weighted by atomic mass is 9.90. The maximum Gasteiger partial charge on any atom is 0.222 e. The average molecular weight is 337 g/mol. The van der Waals surface area contributed by atoms with E-state index in [4.69, 9.17) is 0 Å². The third kappa shape index (κ3) is 4.22. The SMILES string of the molecule is CC(C)CC(=O)N1CCN(c2nnc(C3CCCCC3)s2)CC1. The monoisotopic (exact) mass is 336 g/mol. The highest BCUT2D eigenvalue weighted by Crippen LogP contribution is 2.36. The second-order valence-corrected chi connectivity index (χ2v) is 8.21. The normalized spacial score (nSPS) is 20.3. The van der Waals surface area contributed by atoms with Gasteiger partial charge in [-0.05, 0) is 18.8 Å². The van der Waals surface area contributed by atoms with Gasteiger partial charge in [0.15, 0.2) is 0 Å². The first kappa shape index (κ1) is 16.7. The van der Waals surface area contributed by atoms with Crippen LogP contribution in [0.15, 0.2) is 0 Å². The van der Waals surface area contributed by atoms with Gasteiger partial charge in [0.25, 0.3) is 0 Å². The molecule has 6 heteroatoms. The molecule has 0 N–H and O–H groups in total. The van der Waals surface area contributed by atoms with Crippen LogP contribution in [-0.4, -0.2) is 47.2 Å². The lowest BCUT2D eigenvalue weighted by molar-refractivity contribution is -0.132. The van der Waals surface area contributed by atoms with Crippen LogP contribution in [0.2, 0.25) is 0 Å². The lowest BCUT2D eigenvalue weighted by Crippen LogP contribution is -2.49. The van der Waals surface area contributed by atoms with Crippen LogP contribution in [-0.2, 0) is 4.79 Å². The Morgan fingerprint density at radius 1 is 1.13 bits per heavy atom. The van der Waals surface area contributed by atoms with E-state index < -0.39 is 0 Å². The van der Waals surface area contributed by atoms with Gasteiger partial charge >= 0.3 is 0 Å². The quantitative estimate of drug-likeness (QED) is 0.846. The van der Waals surface area contributed by atoms with Gasteiger partial charge in [0.2, 0.25) is 11.0 Å². The van der Waals surface area contributed by atoms with Crippen LogP contribution in [0.3, 0.4) is 0 Å². The Balaban J connectivity index is 1.53. The summed E-state index contributed by atoms with van der Waals surface area (Å²) in [5.74, 6) is 1.35. The predicted octanol–water partition coefficient (Wildman–Crippen LogP) is 3.28. The van der Waals surface area contributed by atoms with Gasteiger partial charge in [-0.15, -0.1) is 10.2 Å². The van der Waals surface area contributed by atoms with Gasteiger partial charge < -0.3 is 9.80 Å². The van der Waals surface area contributed by atoms with Gasteiger partial charge in [0.05, 0.1) is 0 Å². The first-order valence-corrected chi connectivity index (χ1v) is 9.81. The molecule has 0 radical (unpaired) electrons. The smallest absolute Gasteiger partial charge is 0.222 e. The molecule has 1 aliphatic heterocycles. The Labute approximate surface area is 143 Å². The Morgan fingerprint density at radius 3 is 2.48 bits per heavy atom. The molecule has 0 spiro atoms. The molecule has 0 aromatic carbocycles. The van der Waals surface area contributed by atoms with Crippen LogP contribution in [0, 0.1) is 5.92 Å². The summed E-state index contributed by atoms with van der Waals surface area (Å²) in [4.78, 5) is 16.4. The summed E-state index contributed by atoms with van der Waals surface area (Å²) in [6.45, 7) is 7.57. The second kappa shape index (κ2) is 7.60. The Kier molecular flexibility index (Phi) is 5.51. The second-order valence-electron chi connectivity index (χ2n) is 7.22. The molecule has 1 saturated heterocycles. The van der Waals surface area contributed by atoms with Crippen LogP contribution >= 0.6 is 11.3 Å². The van der Waals surface area contributed by atoms with Crippen molar-refractivity contribution in [3.8, 4) is 0 Å². The highest BCUT2D eigenvalue weighted by atomic mass is 32.1. The largest absolute Gasteiger partial charge is 0.343 e. The number of carbonyl (C=O) groups excluding carboxylic acids is 1. The van der Waals surface area contributed by atoms with E-state index in [0.717, 1.165) is 31.3 Å². The van der Waals surface area contributed by atoms with Gasteiger partial charge in [-0.1, -0.05) is 44.4 Å². The average Bonchev–Trinajstić information content (AvgIpc) is 3.05.